The molecule has 3 heterocycles. The number of benzene rings is 1. The molecule has 33 heavy (non-hydrogen) atoms. The average Bonchev–Trinajstić information content (AvgIpc) is 3.17. The second kappa shape index (κ2) is 10.1. The minimum absolute atomic E-state index is 0.0173. The number of piperazine rings is 1. The summed E-state index contributed by atoms with van der Waals surface area (Å²) in [6.45, 7) is 3.64. The highest BCUT2D eigenvalue weighted by Crippen LogP contribution is 2.26. The first kappa shape index (κ1) is 23.6. The molecule has 2 saturated heterocycles. The van der Waals surface area contributed by atoms with Crippen molar-refractivity contribution in [3.05, 3.63) is 29.3 Å². The van der Waals surface area contributed by atoms with Gasteiger partial charge in [-0.25, -0.2) is 9.79 Å². The fourth-order valence-electron chi connectivity index (χ4n) is 4.29. The molecule has 3 amide bonds. The van der Waals surface area contributed by atoms with E-state index in [1.807, 2.05) is 0 Å². The van der Waals surface area contributed by atoms with Crippen molar-refractivity contribution in [3.8, 4) is 5.75 Å². The molecule has 3 aliphatic rings. The topological polar surface area (TPSA) is 121 Å². The van der Waals surface area contributed by atoms with Gasteiger partial charge >= 0.3 is 6.03 Å². The molecule has 4 rings (SSSR count). The number of likely N-dealkylation sites (N-methyl/N-ethyl adjacent to an activating group) is 1. The fraction of sp³-hybridized carbons (Fsp3) is 0.571. The number of amides is 3. The molecule has 12 heteroatoms. The van der Waals surface area contributed by atoms with Crippen LogP contribution in [-0.2, 0) is 4.79 Å². The molecule has 3 atom stereocenters. The van der Waals surface area contributed by atoms with Crippen molar-refractivity contribution < 1.29 is 24.5 Å². The molecule has 0 radical (unpaired) electrons. The number of urea groups is 1. The Morgan fingerprint density at radius 3 is 2.58 bits per heavy atom. The maximum absolute atomic E-state index is 12.7. The summed E-state index contributed by atoms with van der Waals surface area (Å²) in [5, 5.41) is 22.9. The number of β-amino-alcohol motifs (C(OH)–C–C–N with tert-alkyl or cyclic N) is 2. The Bertz CT molecular complexity index is 892. The van der Waals surface area contributed by atoms with Crippen LogP contribution in [-0.4, -0.2) is 126 Å². The number of carbonyl (C=O) groups is 2. The molecule has 0 aliphatic carbocycles. The molecule has 180 valence electrons. The number of halogens is 1. The highest BCUT2D eigenvalue weighted by molar-refractivity contribution is 6.30. The molecule has 11 nitrogen and oxygen atoms in total. The summed E-state index contributed by atoms with van der Waals surface area (Å²) in [5.74, 6) is 0.717. The zero-order chi connectivity index (χ0) is 23.5. The normalized spacial score (nSPS) is 24.5. The SMILES string of the molecule is CN1C(=O)NC(=O)C2C1N=C(N1CCN(CCO)CC1)N2CC(O)COc1ccc(Cl)cc1. The monoisotopic (exact) mass is 480 g/mol. The Morgan fingerprint density at radius 2 is 1.91 bits per heavy atom. The molecule has 3 unspecified atom stereocenters. The number of hydrogen-bond donors (Lipinski definition) is 3. The van der Waals surface area contributed by atoms with E-state index < -0.39 is 30.2 Å². The second-order valence-electron chi connectivity index (χ2n) is 8.32. The Balaban J connectivity index is 1.47. The number of ether oxygens (including phenoxy) is 1. The number of rotatable bonds is 7. The van der Waals surface area contributed by atoms with Gasteiger partial charge in [-0.1, -0.05) is 11.6 Å². The van der Waals surface area contributed by atoms with Crippen molar-refractivity contribution in [2.75, 3.05) is 59.5 Å². The first-order chi connectivity index (χ1) is 15.9. The lowest BCUT2D eigenvalue weighted by atomic mass is 10.1. The molecule has 0 bridgehead atoms. The molecule has 3 aliphatic heterocycles. The van der Waals surface area contributed by atoms with Crippen LogP contribution in [0.5, 0.6) is 5.75 Å². The Labute approximate surface area is 197 Å². The zero-order valence-corrected chi connectivity index (χ0v) is 19.2. The van der Waals surface area contributed by atoms with Gasteiger partial charge in [-0.15, -0.1) is 0 Å². The smallest absolute Gasteiger partial charge is 0.325 e. The van der Waals surface area contributed by atoms with Crippen molar-refractivity contribution >= 4 is 29.5 Å². The van der Waals surface area contributed by atoms with Gasteiger partial charge in [0.25, 0.3) is 5.91 Å². The van der Waals surface area contributed by atoms with Crippen LogP contribution >= 0.6 is 11.6 Å². The van der Waals surface area contributed by atoms with E-state index in [1.54, 1.807) is 36.2 Å². The number of aliphatic imine (C=N–C) groups is 1. The molecular weight excluding hydrogens is 452 g/mol. The second-order valence-corrected chi connectivity index (χ2v) is 8.75. The summed E-state index contributed by atoms with van der Waals surface area (Å²) in [6, 6.07) is 5.61. The Hall–Kier alpha value is -2.60. The van der Waals surface area contributed by atoms with Gasteiger partial charge in [0.05, 0.1) is 13.2 Å². The van der Waals surface area contributed by atoms with Gasteiger partial charge < -0.3 is 29.6 Å². The maximum atomic E-state index is 12.7. The number of hydrogen-bond acceptors (Lipinski definition) is 9. The van der Waals surface area contributed by atoms with Crippen LogP contribution in [0.25, 0.3) is 0 Å². The van der Waals surface area contributed by atoms with E-state index in [9.17, 15) is 19.8 Å². The van der Waals surface area contributed by atoms with Gasteiger partial charge in [0.15, 0.2) is 18.2 Å². The van der Waals surface area contributed by atoms with Crippen LogP contribution < -0.4 is 10.1 Å². The maximum Gasteiger partial charge on any atom is 0.325 e. The molecule has 0 aromatic heterocycles. The summed E-state index contributed by atoms with van der Waals surface area (Å²) in [4.78, 5) is 37.0. The molecule has 3 N–H and O–H groups in total. The van der Waals surface area contributed by atoms with Crippen LogP contribution in [0.1, 0.15) is 0 Å². The number of carbonyl (C=O) groups excluding carboxylic acids is 2. The van der Waals surface area contributed by atoms with Crippen LogP contribution in [0.3, 0.4) is 0 Å². The first-order valence-corrected chi connectivity index (χ1v) is 11.3. The summed E-state index contributed by atoms with van der Waals surface area (Å²) < 4.78 is 5.67. The number of nitrogens with zero attached hydrogens (tertiary/aromatic N) is 5. The highest BCUT2D eigenvalue weighted by atomic mass is 35.5. The van der Waals surface area contributed by atoms with E-state index in [4.69, 9.17) is 21.3 Å². The summed E-state index contributed by atoms with van der Waals surface area (Å²) >= 11 is 5.89. The van der Waals surface area contributed by atoms with Gasteiger partial charge in [-0.05, 0) is 24.3 Å². The molecule has 2 fully saturated rings. The van der Waals surface area contributed by atoms with Gasteiger partial charge in [0, 0.05) is 44.8 Å². The minimum atomic E-state index is -0.906. The third-order valence-corrected chi connectivity index (χ3v) is 6.33. The third-order valence-electron chi connectivity index (χ3n) is 6.07. The van der Waals surface area contributed by atoms with E-state index in [2.05, 4.69) is 15.1 Å². The molecular formula is C21H29ClN6O5. The van der Waals surface area contributed by atoms with Gasteiger partial charge in [0.2, 0.25) is 0 Å². The van der Waals surface area contributed by atoms with Crippen molar-refractivity contribution in [2.45, 2.75) is 18.3 Å². The van der Waals surface area contributed by atoms with Crippen molar-refractivity contribution in [1.29, 1.82) is 0 Å². The van der Waals surface area contributed by atoms with Crippen molar-refractivity contribution in [3.63, 3.8) is 0 Å². The summed E-state index contributed by atoms with van der Waals surface area (Å²) in [5.41, 5.74) is 0. The standard InChI is InChI=1S/C21H29ClN6O5/c1-25-18-17(19(31)24-21(25)32)28(12-15(30)13-33-16-4-2-14(22)3-5-16)20(23-18)27-8-6-26(7-9-27)10-11-29/h2-5,15,17-18,29-30H,6-13H2,1H3,(H,24,31,32). The predicted molar refractivity (Wildman–Crippen MR) is 121 cm³/mol. The molecule has 1 aromatic rings. The quantitative estimate of drug-likeness (QED) is 0.465. The minimum Gasteiger partial charge on any atom is -0.491 e. The molecule has 0 saturated carbocycles. The van der Waals surface area contributed by atoms with E-state index in [0.717, 1.165) is 13.1 Å². The third kappa shape index (κ3) is 5.16. The lowest BCUT2D eigenvalue weighted by molar-refractivity contribution is -0.127. The van der Waals surface area contributed by atoms with Crippen LogP contribution in [0.2, 0.25) is 5.02 Å². The Kier molecular flexibility index (Phi) is 7.23. The number of aliphatic hydroxyl groups excluding tert-OH is 2. The summed E-state index contributed by atoms with van der Waals surface area (Å²) in [6.07, 6.45) is -1.57. The van der Waals surface area contributed by atoms with E-state index in [0.29, 0.717) is 36.4 Å². The lowest BCUT2D eigenvalue weighted by Crippen LogP contribution is -2.65. The van der Waals surface area contributed by atoms with Crippen LogP contribution in [0, 0.1) is 0 Å². The summed E-state index contributed by atoms with van der Waals surface area (Å²) in [7, 11) is 1.60. The van der Waals surface area contributed by atoms with E-state index in [1.165, 1.54) is 4.90 Å². The van der Waals surface area contributed by atoms with Crippen LogP contribution in [0.15, 0.2) is 29.3 Å². The van der Waals surface area contributed by atoms with Gasteiger partial charge in [-0.3, -0.25) is 15.0 Å². The van der Waals surface area contributed by atoms with Gasteiger partial charge in [-0.2, -0.15) is 0 Å². The number of fused-ring (bicyclic) bond motifs is 1. The van der Waals surface area contributed by atoms with E-state index >= 15 is 0 Å². The Morgan fingerprint density at radius 1 is 1.21 bits per heavy atom. The van der Waals surface area contributed by atoms with Gasteiger partial charge in [0.1, 0.15) is 18.5 Å². The van der Waals surface area contributed by atoms with Crippen molar-refractivity contribution in [1.82, 2.24) is 24.9 Å². The molecule has 1 aromatic carbocycles. The molecule has 0 spiro atoms. The number of imide groups is 1. The predicted octanol–water partition coefficient (Wildman–Crippen LogP) is -0.762. The largest absolute Gasteiger partial charge is 0.491 e. The average molecular weight is 481 g/mol. The number of guanidine groups is 1. The highest BCUT2D eigenvalue weighted by Gasteiger charge is 2.50. The number of nitrogens with one attached hydrogen (secondary N) is 1. The number of aliphatic hydroxyl groups is 2. The first-order valence-electron chi connectivity index (χ1n) is 10.9. The van der Waals surface area contributed by atoms with Crippen molar-refractivity contribution in [2.24, 2.45) is 4.99 Å². The van der Waals surface area contributed by atoms with Crippen LogP contribution in [0.4, 0.5) is 4.79 Å². The lowest BCUT2D eigenvalue weighted by Gasteiger charge is -2.40. The zero-order valence-electron chi connectivity index (χ0n) is 18.4. The van der Waals surface area contributed by atoms with E-state index in [-0.39, 0.29) is 19.8 Å². The fourth-order valence-corrected chi connectivity index (χ4v) is 4.41.